The fourth-order valence-corrected chi connectivity index (χ4v) is 4.33. The van der Waals surface area contributed by atoms with Gasteiger partial charge in [-0.2, -0.15) is 4.31 Å². The summed E-state index contributed by atoms with van der Waals surface area (Å²) < 4.78 is 24.7. The van der Waals surface area contributed by atoms with Gasteiger partial charge in [-0.25, -0.2) is 8.42 Å². The molecule has 1 aliphatic rings. The third-order valence-corrected chi connectivity index (χ3v) is 5.63. The van der Waals surface area contributed by atoms with E-state index in [2.05, 4.69) is 10.3 Å². The van der Waals surface area contributed by atoms with E-state index in [9.17, 15) is 13.2 Å². The highest BCUT2D eigenvalue weighted by atomic mass is 32.2. The van der Waals surface area contributed by atoms with Crippen LogP contribution in [0.3, 0.4) is 0 Å². The topological polar surface area (TPSA) is 79.4 Å². The van der Waals surface area contributed by atoms with Crippen LogP contribution < -0.4 is 5.32 Å². The molecule has 1 aromatic carbocycles. The summed E-state index contributed by atoms with van der Waals surface area (Å²) in [6, 6.07) is 9.31. The van der Waals surface area contributed by atoms with E-state index in [1.165, 1.54) is 4.31 Å². The molecule has 1 aromatic heterocycles. The summed E-state index contributed by atoms with van der Waals surface area (Å²) in [6.07, 6.45) is 4.87. The van der Waals surface area contributed by atoms with E-state index >= 15 is 0 Å². The molecule has 2 aromatic rings. The van der Waals surface area contributed by atoms with Gasteiger partial charge in [0.1, 0.15) is 6.04 Å². The number of sulfonamides is 1. The van der Waals surface area contributed by atoms with Crippen LogP contribution >= 0.6 is 0 Å². The number of nitrogens with zero attached hydrogens (tertiary/aromatic N) is 2. The van der Waals surface area contributed by atoms with E-state index in [1.54, 1.807) is 6.20 Å². The lowest BCUT2D eigenvalue weighted by Gasteiger charge is -2.21. The molecule has 1 saturated heterocycles. The molecule has 7 heteroatoms. The Balaban J connectivity index is 1.63. The van der Waals surface area contributed by atoms with E-state index in [4.69, 9.17) is 0 Å². The number of nitrogens with one attached hydrogen (secondary N) is 1. The molecule has 3 rings (SSSR count). The largest absolute Gasteiger partial charge is 0.354 e. The summed E-state index contributed by atoms with van der Waals surface area (Å²) >= 11 is 0. The van der Waals surface area contributed by atoms with Crippen molar-refractivity contribution in [2.24, 2.45) is 0 Å². The van der Waals surface area contributed by atoms with Crippen molar-refractivity contribution in [1.29, 1.82) is 0 Å². The molecule has 0 unspecified atom stereocenters. The van der Waals surface area contributed by atoms with Crippen LogP contribution in [0.25, 0.3) is 10.9 Å². The fraction of sp³-hybridized carbons (Fsp3) is 0.412. The Morgan fingerprint density at radius 3 is 2.92 bits per heavy atom. The maximum Gasteiger partial charge on any atom is 0.238 e. The Bertz CT molecular complexity index is 846. The Morgan fingerprint density at radius 2 is 2.12 bits per heavy atom. The zero-order chi connectivity index (χ0) is 17.2. The smallest absolute Gasteiger partial charge is 0.238 e. The van der Waals surface area contributed by atoms with Crippen LogP contribution in [0.4, 0.5) is 0 Å². The zero-order valence-electron chi connectivity index (χ0n) is 13.6. The monoisotopic (exact) mass is 347 g/mol. The molecule has 1 atom stereocenters. The van der Waals surface area contributed by atoms with E-state index < -0.39 is 16.1 Å². The summed E-state index contributed by atoms with van der Waals surface area (Å²) in [5, 5.41) is 3.94. The van der Waals surface area contributed by atoms with Crippen molar-refractivity contribution in [3.8, 4) is 0 Å². The second-order valence-corrected chi connectivity index (χ2v) is 8.00. The first-order valence-corrected chi connectivity index (χ1v) is 9.89. The molecule has 128 valence electrons. The molecule has 0 bridgehead atoms. The molecule has 1 amide bonds. The fourth-order valence-electron chi connectivity index (χ4n) is 3.21. The maximum atomic E-state index is 12.3. The summed E-state index contributed by atoms with van der Waals surface area (Å²) in [4.78, 5) is 16.7. The summed E-state index contributed by atoms with van der Waals surface area (Å²) in [6.45, 7) is 0.882. The summed E-state index contributed by atoms with van der Waals surface area (Å²) in [5.74, 6) is -0.217. The van der Waals surface area contributed by atoms with Gasteiger partial charge in [0.2, 0.25) is 15.9 Å². The van der Waals surface area contributed by atoms with Gasteiger partial charge >= 0.3 is 0 Å². The van der Waals surface area contributed by atoms with Crippen molar-refractivity contribution in [3.05, 3.63) is 42.1 Å². The Labute approximate surface area is 141 Å². The van der Waals surface area contributed by atoms with Crippen molar-refractivity contribution >= 4 is 26.8 Å². The number of hydrogen-bond donors (Lipinski definition) is 1. The van der Waals surface area contributed by atoms with Crippen LogP contribution in [0, 0.1) is 0 Å². The van der Waals surface area contributed by atoms with E-state index in [0.717, 1.165) is 29.1 Å². The third-order valence-electron chi connectivity index (χ3n) is 4.34. The first-order chi connectivity index (χ1) is 11.5. The highest BCUT2D eigenvalue weighted by Crippen LogP contribution is 2.20. The third kappa shape index (κ3) is 3.57. The van der Waals surface area contributed by atoms with Crippen LogP contribution in [0.5, 0.6) is 0 Å². The Kier molecular flexibility index (Phi) is 4.82. The molecule has 0 radical (unpaired) electrons. The van der Waals surface area contributed by atoms with E-state index in [-0.39, 0.29) is 5.91 Å². The van der Waals surface area contributed by atoms with Gasteiger partial charge < -0.3 is 5.32 Å². The normalized spacial score (nSPS) is 18.8. The molecule has 24 heavy (non-hydrogen) atoms. The lowest BCUT2D eigenvalue weighted by atomic mass is 10.1. The molecular formula is C17H21N3O3S. The van der Waals surface area contributed by atoms with Crippen molar-refractivity contribution < 1.29 is 13.2 Å². The number of carbonyl (C=O) groups excluding carboxylic acids is 1. The highest BCUT2D eigenvalue weighted by Gasteiger charge is 2.36. The predicted octanol–water partition coefficient (Wildman–Crippen LogP) is 1.32. The van der Waals surface area contributed by atoms with Crippen LogP contribution in [-0.2, 0) is 21.2 Å². The average molecular weight is 347 g/mol. The molecular weight excluding hydrogens is 326 g/mol. The summed E-state index contributed by atoms with van der Waals surface area (Å²) in [7, 11) is -3.34. The van der Waals surface area contributed by atoms with Gasteiger partial charge in [0.15, 0.2) is 0 Å². The van der Waals surface area contributed by atoms with Gasteiger partial charge in [-0.05, 0) is 30.9 Å². The first-order valence-electron chi connectivity index (χ1n) is 8.04. The number of benzene rings is 1. The number of aromatic nitrogens is 1. The second kappa shape index (κ2) is 6.86. The standard InChI is InChI=1S/C17H21N3O3S/c1-24(22,23)20-12-4-8-15(20)17(21)19-11-9-14-6-2-5-13-7-3-10-18-16(13)14/h2-3,5-7,10,15H,4,8-9,11-12H2,1H3,(H,19,21)/t15-/m0/s1. The van der Waals surface area contributed by atoms with Crippen LogP contribution in [0.15, 0.2) is 36.5 Å². The van der Waals surface area contributed by atoms with Gasteiger partial charge in [-0.3, -0.25) is 9.78 Å². The number of fused-ring (bicyclic) bond motifs is 1. The van der Waals surface area contributed by atoms with Crippen LogP contribution in [-0.4, -0.2) is 49.0 Å². The van der Waals surface area contributed by atoms with Crippen LogP contribution in [0.1, 0.15) is 18.4 Å². The number of pyridine rings is 1. The van der Waals surface area contributed by atoms with Crippen molar-refractivity contribution in [3.63, 3.8) is 0 Å². The van der Waals surface area contributed by atoms with Gasteiger partial charge in [0.05, 0.1) is 11.8 Å². The second-order valence-electron chi connectivity index (χ2n) is 6.07. The highest BCUT2D eigenvalue weighted by molar-refractivity contribution is 7.88. The first kappa shape index (κ1) is 16.9. The lowest BCUT2D eigenvalue weighted by molar-refractivity contribution is -0.124. The molecule has 1 N–H and O–H groups in total. The minimum absolute atomic E-state index is 0.217. The molecule has 1 fully saturated rings. The Hall–Kier alpha value is -1.99. The lowest BCUT2D eigenvalue weighted by Crippen LogP contribution is -2.45. The minimum Gasteiger partial charge on any atom is -0.354 e. The van der Waals surface area contributed by atoms with Crippen molar-refractivity contribution in [2.75, 3.05) is 19.3 Å². The van der Waals surface area contributed by atoms with Gasteiger partial charge in [0, 0.05) is 24.7 Å². The minimum atomic E-state index is -3.34. The van der Waals surface area contributed by atoms with Crippen LogP contribution in [0.2, 0.25) is 0 Å². The van der Waals surface area contributed by atoms with Gasteiger partial charge in [-0.1, -0.05) is 24.3 Å². The zero-order valence-corrected chi connectivity index (χ0v) is 14.4. The van der Waals surface area contributed by atoms with Gasteiger partial charge in [-0.15, -0.1) is 0 Å². The van der Waals surface area contributed by atoms with E-state index in [0.29, 0.717) is 25.9 Å². The van der Waals surface area contributed by atoms with E-state index in [1.807, 2.05) is 30.3 Å². The number of hydrogen-bond acceptors (Lipinski definition) is 4. The predicted molar refractivity (Wildman–Crippen MR) is 93.0 cm³/mol. The molecule has 2 heterocycles. The van der Waals surface area contributed by atoms with Crippen molar-refractivity contribution in [1.82, 2.24) is 14.6 Å². The quantitative estimate of drug-likeness (QED) is 0.885. The molecule has 6 nitrogen and oxygen atoms in total. The number of para-hydroxylation sites is 1. The molecule has 1 aliphatic heterocycles. The molecule has 0 aliphatic carbocycles. The number of carbonyl (C=O) groups is 1. The molecule has 0 saturated carbocycles. The number of rotatable bonds is 5. The average Bonchev–Trinajstić information content (AvgIpc) is 3.05. The summed E-state index contributed by atoms with van der Waals surface area (Å²) in [5.41, 5.74) is 2.01. The van der Waals surface area contributed by atoms with Gasteiger partial charge in [0.25, 0.3) is 0 Å². The molecule has 0 spiro atoms. The maximum absolute atomic E-state index is 12.3. The van der Waals surface area contributed by atoms with Crippen molar-refractivity contribution in [2.45, 2.75) is 25.3 Å². The number of amides is 1. The SMILES string of the molecule is CS(=O)(=O)N1CCC[C@H]1C(=O)NCCc1cccc2cccnc12. The Morgan fingerprint density at radius 1 is 1.33 bits per heavy atom.